The highest BCUT2D eigenvalue weighted by atomic mass is 15.6. The van der Waals surface area contributed by atoms with Crippen molar-refractivity contribution in [3.05, 3.63) is 24.3 Å². The molecule has 0 radical (unpaired) electrons. The van der Waals surface area contributed by atoms with E-state index in [9.17, 15) is 0 Å². The average Bonchev–Trinajstić information content (AvgIpc) is 2.49. The molecule has 2 aliphatic heterocycles. The van der Waals surface area contributed by atoms with E-state index >= 15 is 0 Å². The van der Waals surface area contributed by atoms with Gasteiger partial charge in [0.15, 0.2) is 0 Å². The van der Waals surface area contributed by atoms with Crippen molar-refractivity contribution < 1.29 is 0 Å². The lowest BCUT2D eigenvalue weighted by atomic mass is 10.0. The van der Waals surface area contributed by atoms with Gasteiger partial charge in [-0.05, 0) is 12.8 Å². The Hall–Kier alpha value is -1.04. The molecule has 1 aromatic heterocycles. The van der Waals surface area contributed by atoms with Gasteiger partial charge in [0.1, 0.15) is 0 Å². The zero-order valence-electron chi connectivity index (χ0n) is 10.8. The number of rotatable bonds is 2. The van der Waals surface area contributed by atoms with E-state index < -0.39 is 0 Å². The number of nitrogens with zero attached hydrogens (tertiary/aromatic N) is 4. The molecular formula is C13H21N5. The van der Waals surface area contributed by atoms with Crippen molar-refractivity contribution in [3.63, 3.8) is 0 Å². The summed E-state index contributed by atoms with van der Waals surface area (Å²) in [7, 11) is 0. The minimum atomic E-state index is 0.422. The van der Waals surface area contributed by atoms with Gasteiger partial charge in [-0.25, -0.2) is 10.0 Å². The second-order valence-electron chi connectivity index (χ2n) is 5.01. The van der Waals surface area contributed by atoms with Crippen LogP contribution < -0.4 is 5.32 Å². The third kappa shape index (κ3) is 2.53. The second kappa shape index (κ2) is 5.73. The van der Waals surface area contributed by atoms with E-state index in [4.69, 9.17) is 0 Å². The van der Waals surface area contributed by atoms with Gasteiger partial charge in [0.25, 0.3) is 0 Å². The van der Waals surface area contributed by atoms with Crippen LogP contribution in [0, 0.1) is 0 Å². The van der Waals surface area contributed by atoms with Crippen molar-refractivity contribution in [2.24, 2.45) is 0 Å². The molecule has 3 heterocycles. The van der Waals surface area contributed by atoms with Gasteiger partial charge in [0.2, 0.25) is 0 Å². The molecule has 98 valence electrons. The molecule has 2 fully saturated rings. The Kier molecular flexibility index (Phi) is 3.83. The molecule has 0 amide bonds. The summed E-state index contributed by atoms with van der Waals surface area (Å²) < 4.78 is 0. The van der Waals surface area contributed by atoms with Crippen molar-refractivity contribution in [1.82, 2.24) is 25.3 Å². The largest absolute Gasteiger partial charge is 0.314 e. The van der Waals surface area contributed by atoms with Crippen molar-refractivity contribution in [3.8, 4) is 0 Å². The van der Waals surface area contributed by atoms with Gasteiger partial charge in [0.05, 0.1) is 17.9 Å². The first kappa shape index (κ1) is 12.0. The van der Waals surface area contributed by atoms with Crippen LogP contribution in [-0.2, 0) is 0 Å². The van der Waals surface area contributed by atoms with Crippen LogP contribution in [0.25, 0.3) is 0 Å². The Morgan fingerprint density at radius 1 is 1.11 bits per heavy atom. The third-order valence-electron chi connectivity index (χ3n) is 3.86. The van der Waals surface area contributed by atoms with Crippen LogP contribution in [0.1, 0.15) is 31.0 Å². The van der Waals surface area contributed by atoms with Crippen LogP contribution in [0.5, 0.6) is 0 Å². The van der Waals surface area contributed by atoms with Crippen LogP contribution in [0.4, 0.5) is 0 Å². The number of hydrogen-bond donors (Lipinski definition) is 1. The molecule has 5 nitrogen and oxygen atoms in total. The summed E-state index contributed by atoms with van der Waals surface area (Å²) in [6.45, 7) is 5.54. The van der Waals surface area contributed by atoms with Crippen LogP contribution in [0.3, 0.4) is 0 Å². The molecule has 1 unspecified atom stereocenters. The van der Waals surface area contributed by atoms with E-state index in [1.807, 2.05) is 6.20 Å². The molecule has 0 aliphatic carbocycles. The Bertz CT molecular complexity index is 363. The average molecular weight is 247 g/mol. The zero-order chi connectivity index (χ0) is 12.2. The normalized spacial score (nSPS) is 27.2. The molecular weight excluding hydrogens is 226 g/mol. The van der Waals surface area contributed by atoms with Crippen LogP contribution in [0.15, 0.2) is 18.6 Å². The first-order valence-electron chi connectivity index (χ1n) is 6.93. The van der Waals surface area contributed by atoms with Crippen molar-refractivity contribution in [1.29, 1.82) is 0 Å². The van der Waals surface area contributed by atoms with Gasteiger partial charge >= 0.3 is 0 Å². The van der Waals surface area contributed by atoms with Crippen LogP contribution in [-0.4, -0.2) is 52.7 Å². The highest BCUT2D eigenvalue weighted by Crippen LogP contribution is 2.30. The lowest BCUT2D eigenvalue weighted by molar-refractivity contribution is -0.0873. The molecule has 2 aliphatic rings. The van der Waals surface area contributed by atoms with E-state index in [-0.39, 0.29) is 0 Å². The number of hydrazine groups is 1. The van der Waals surface area contributed by atoms with E-state index in [1.54, 1.807) is 12.4 Å². The quantitative estimate of drug-likeness (QED) is 0.838. The molecule has 1 aromatic rings. The van der Waals surface area contributed by atoms with Crippen LogP contribution in [0.2, 0.25) is 0 Å². The molecule has 1 N–H and O–H groups in total. The molecule has 1 atom stereocenters. The number of hydrogen-bond acceptors (Lipinski definition) is 5. The van der Waals surface area contributed by atoms with Crippen molar-refractivity contribution >= 4 is 0 Å². The van der Waals surface area contributed by atoms with E-state index in [0.717, 1.165) is 38.4 Å². The summed E-state index contributed by atoms with van der Waals surface area (Å²) in [6.07, 6.45) is 9.26. The molecule has 0 spiro atoms. The number of aromatic nitrogens is 2. The van der Waals surface area contributed by atoms with Crippen LogP contribution >= 0.6 is 0 Å². The fourth-order valence-electron chi connectivity index (χ4n) is 2.95. The summed E-state index contributed by atoms with van der Waals surface area (Å²) in [5.74, 6) is 0. The minimum absolute atomic E-state index is 0.422. The number of nitrogens with one attached hydrogen (secondary N) is 1. The second-order valence-corrected chi connectivity index (χ2v) is 5.01. The Balaban J connectivity index is 1.77. The zero-order valence-corrected chi connectivity index (χ0v) is 10.8. The summed E-state index contributed by atoms with van der Waals surface area (Å²) in [5.41, 5.74) is 1.12. The van der Waals surface area contributed by atoms with Crippen molar-refractivity contribution in [2.75, 3.05) is 32.7 Å². The monoisotopic (exact) mass is 247 g/mol. The van der Waals surface area contributed by atoms with Crippen molar-refractivity contribution in [2.45, 2.75) is 25.3 Å². The van der Waals surface area contributed by atoms with E-state index in [1.165, 1.54) is 19.3 Å². The summed E-state index contributed by atoms with van der Waals surface area (Å²) in [6, 6.07) is 0.422. The Morgan fingerprint density at radius 3 is 2.78 bits per heavy atom. The maximum absolute atomic E-state index is 4.50. The lowest BCUT2D eigenvalue weighted by Crippen LogP contribution is -2.54. The molecule has 5 heteroatoms. The molecule has 18 heavy (non-hydrogen) atoms. The SMILES string of the molecule is c1cnc(C2CCCCN2N2CCNCC2)cn1. The third-order valence-corrected chi connectivity index (χ3v) is 3.86. The van der Waals surface area contributed by atoms with E-state index in [2.05, 4.69) is 25.3 Å². The minimum Gasteiger partial charge on any atom is -0.314 e. The highest BCUT2D eigenvalue weighted by Gasteiger charge is 2.30. The van der Waals surface area contributed by atoms with Gasteiger partial charge in [-0.1, -0.05) is 6.42 Å². The Morgan fingerprint density at radius 2 is 2.00 bits per heavy atom. The number of piperazine rings is 1. The maximum Gasteiger partial charge on any atom is 0.0772 e. The summed E-state index contributed by atoms with van der Waals surface area (Å²) >= 11 is 0. The summed E-state index contributed by atoms with van der Waals surface area (Å²) in [4.78, 5) is 8.72. The Labute approximate surface area is 108 Å². The van der Waals surface area contributed by atoms with Gasteiger partial charge in [0, 0.05) is 45.1 Å². The predicted octanol–water partition coefficient (Wildman–Crippen LogP) is 0.824. The first-order chi connectivity index (χ1) is 8.95. The number of piperidine rings is 1. The maximum atomic E-state index is 4.50. The summed E-state index contributed by atoms with van der Waals surface area (Å²) in [5, 5.41) is 8.43. The molecule has 3 rings (SSSR count). The smallest absolute Gasteiger partial charge is 0.0772 e. The lowest BCUT2D eigenvalue weighted by Gasteiger charge is -2.44. The predicted molar refractivity (Wildman–Crippen MR) is 69.8 cm³/mol. The van der Waals surface area contributed by atoms with E-state index in [0.29, 0.717) is 6.04 Å². The fourth-order valence-corrected chi connectivity index (χ4v) is 2.95. The van der Waals surface area contributed by atoms with Gasteiger partial charge in [-0.15, -0.1) is 0 Å². The topological polar surface area (TPSA) is 44.3 Å². The molecule has 0 saturated carbocycles. The fraction of sp³-hybridized carbons (Fsp3) is 0.692. The molecule has 0 bridgehead atoms. The first-order valence-corrected chi connectivity index (χ1v) is 6.93. The molecule has 0 aromatic carbocycles. The highest BCUT2D eigenvalue weighted by molar-refractivity contribution is 5.03. The van der Waals surface area contributed by atoms with Gasteiger partial charge in [-0.2, -0.15) is 0 Å². The van der Waals surface area contributed by atoms with Gasteiger partial charge < -0.3 is 5.32 Å². The molecule has 2 saturated heterocycles. The van der Waals surface area contributed by atoms with Gasteiger partial charge in [-0.3, -0.25) is 9.97 Å². The standard InChI is InChI=1S/C13H21N5/c1-2-8-18(17-9-6-14-7-10-17)13(3-1)12-11-15-4-5-16-12/h4-5,11,13-14H,1-3,6-10H2.